The summed E-state index contributed by atoms with van der Waals surface area (Å²) in [6.45, 7) is 5.95. The largest absolute Gasteiger partial charge is 0.260 e. The van der Waals surface area contributed by atoms with Crippen molar-refractivity contribution in [1.29, 1.82) is 0 Å². The van der Waals surface area contributed by atoms with Crippen molar-refractivity contribution in [2.75, 3.05) is 0 Å². The van der Waals surface area contributed by atoms with E-state index in [0.717, 1.165) is 17.8 Å². The van der Waals surface area contributed by atoms with Crippen LogP contribution in [0.5, 0.6) is 0 Å². The molecule has 84 valence electrons. The molecule has 0 saturated carbocycles. The topological polar surface area (TPSA) is 12.9 Å². The maximum absolute atomic E-state index is 13.5. The molecule has 0 aliphatic carbocycles. The van der Waals surface area contributed by atoms with Gasteiger partial charge in [-0.3, -0.25) is 4.98 Å². The molecule has 0 saturated heterocycles. The number of benzene rings is 1. The summed E-state index contributed by atoms with van der Waals surface area (Å²) in [7, 11) is 0. The van der Waals surface area contributed by atoms with Crippen molar-refractivity contribution < 1.29 is 8.78 Å². The summed E-state index contributed by atoms with van der Waals surface area (Å²) in [5, 5.41) is 0.521. The second kappa shape index (κ2) is 3.51. The van der Waals surface area contributed by atoms with Gasteiger partial charge in [-0.2, -0.15) is 0 Å². The molecule has 1 aromatic carbocycles. The summed E-state index contributed by atoms with van der Waals surface area (Å²) in [4.78, 5) is 4.17. The monoisotopic (exact) mass is 221 g/mol. The van der Waals surface area contributed by atoms with E-state index < -0.39 is 11.6 Å². The first kappa shape index (κ1) is 11.0. The van der Waals surface area contributed by atoms with Gasteiger partial charge in [-0.1, -0.05) is 20.8 Å². The van der Waals surface area contributed by atoms with E-state index in [1.807, 2.05) is 20.8 Å². The number of hydrogen-bond acceptors (Lipinski definition) is 1. The van der Waals surface area contributed by atoms with E-state index in [9.17, 15) is 8.78 Å². The van der Waals surface area contributed by atoms with Gasteiger partial charge in [0.15, 0.2) is 0 Å². The molecular formula is C13H13F2N. The highest BCUT2D eigenvalue weighted by molar-refractivity contribution is 5.83. The molecule has 3 heteroatoms. The van der Waals surface area contributed by atoms with Crippen molar-refractivity contribution >= 4 is 10.8 Å². The first-order valence-electron chi connectivity index (χ1n) is 5.14. The highest BCUT2D eigenvalue weighted by Crippen LogP contribution is 2.26. The van der Waals surface area contributed by atoms with Gasteiger partial charge in [0.1, 0.15) is 11.6 Å². The van der Waals surface area contributed by atoms with Crippen LogP contribution in [0.25, 0.3) is 10.8 Å². The van der Waals surface area contributed by atoms with Crippen molar-refractivity contribution in [2.24, 2.45) is 0 Å². The van der Waals surface area contributed by atoms with E-state index in [-0.39, 0.29) is 10.8 Å². The number of halogens is 2. The van der Waals surface area contributed by atoms with Crippen LogP contribution >= 0.6 is 0 Å². The Kier molecular flexibility index (Phi) is 2.41. The highest BCUT2D eigenvalue weighted by Gasteiger charge is 2.17. The predicted octanol–water partition coefficient (Wildman–Crippen LogP) is 3.81. The minimum absolute atomic E-state index is 0.174. The van der Waals surface area contributed by atoms with E-state index in [1.165, 1.54) is 6.20 Å². The normalized spacial score (nSPS) is 12.1. The Morgan fingerprint density at radius 2 is 1.56 bits per heavy atom. The lowest BCUT2D eigenvalue weighted by atomic mass is 9.90. The van der Waals surface area contributed by atoms with Gasteiger partial charge < -0.3 is 0 Å². The molecule has 0 spiro atoms. The molecule has 0 unspecified atom stereocenters. The van der Waals surface area contributed by atoms with E-state index in [0.29, 0.717) is 5.39 Å². The number of hydrogen-bond donors (Lipinski definition) is 0. The fourth-order valence-corrected chi connectivity index (χ4v) is 1.58. The molecule has 16 heavy (non-hydrogen) atoms. The zero-order chi connectivity index (χ0) is 11.9. The first-order valence-corrected chi connectivity index (χ1v) is 5.14. The molecule has 2 rings (SSSR count). The third kappa shape index (κ3) is 1.77. The molecule has 1 heterocycles. The van der Waals surface area contributed by atoms with Crippen LogP contribution in [0.4, 0.5) is 8.78 Å². The van der Waals surface area contributed by atoms with Crippen molar-refractivity contribution in [3.8, 4) is 0 Å². The van der Waals surface area contributed by atoms with E-state index in [2.05, 4.69) is 4.98 Å². The molecule has 2 aromatic rings. The lowest BCUT2D eigenvalue weighted by Crippen LogP contribution is -2.13. The molecule has 0 radical (unpaired) electrons. The van der Waals surface area contributed by atoms with E-state index >= 15 is 0 Å². The third-order valence-electron chi connectivity index (χ3n) is 2.56. The van der Waals surface area contributed by atoms with E-state index in [1.54, 1.807) is 6.07 Å². The predicted molar refractivity (Wildman–Crippen MR) is 60.4 cm³/mol. The minimum atomic E-state index is -0.440. The van der Waals surface area contributed by atoms with Gasteiger partial charge in [-0.25, -0.2) is 8.78 Å². The maximum Gasteiger partial charge on any atom is 0.132 e. The Bertz CT molecular complexity index is 541. The summed E-state index contributed by atoms with van der Waals surface area (Å²) in [5.41, 5.74) is 0.581. The Labute approximate surface area is 93.1 Å². The second-order valence-corrected chi connectivity index (χ2v) is 4.89. The van der Waals surface area contributed by atoms with Crippen LogP contribution in [0.1, 0.15) is 26.5 Å². The average Bonchev–Trinajstić information content (AvgIpc) is 2.22. The summed E-state index contributed by atoms with van der Waals surface area (Å²) in [6.07, 6.45) is 1.40. The number of aromatic nitrogens is 1. The summed E-state index contributed by atoms with van der Waals surface area (Å²) in [6, 6.07) is 3.88. The van der Waals surface area contributed by atoms with Crippen LogP contribution in [-0.2, 0) is 5.41 Å². The van der Waals surface area contributed by atoms with Crippen molar-refractivity contribution in [3.63, 3.8) is 0 Å². The fraction of sp³-hybridized carbons (Fsp3) is 0.308. The molecule has 0 N–H and O–H groups in total. The number of fused-ring (bicyclic) bond motifs is 1. The quantitative estimate of drug-likeness (QED) is 0.659. The molecule has 0 fully saturated rings. The lowest BCUT2D eigenvalue weighted by molar-refractivity contribution is 0.568. The lowest BCUT2D eigenvalue weighted by Gasteiger charge is -2.18. The Balaban J connectivity index is 2.76. The van der Waals surface area contributed by atoms with Gasteiger partial charge in [0.25, 0.3) is 0 Å². The SMILES string of the molecule is CC(C)(C)c1cc2c(F)ccc(F)c2cn1. The molecule has 1 aromatic heterocycles. The third-order valence-corrected chi connectivity index (χ3v) is 2.56. The van der Waals surface area contributed by atoms with Gasteiger partial charge in [0, 0.05) is 28.1 Å². The van der Waals surface area contributed by atoms with Crippen LogP contribution in [0.15, 0.2) is 24.4 Å². The van der Waals surface area contributed by atoms with Gasteiger partial charge in [0.05, 0.1) is 0 Å². The number of nitrogens with zero attached hydrogens (tertiary/aromatic N) is 1. The maximum atomic E-state index is 13.5. The number of rotatable bonds is 0. The van der Waals surface area contributed by atoms with E-state index in [4.69, 9.17) is 0 Å². The zero-order valence-electron chi connectivity index (χ0n) is 9.51. The van der Waals surface area contributed by atoms with Crippen molar-refractivity contribution in [3.05, 3.63) is 41.7 Å². The molecule has 0 aliphatic rings. The Morgan fingerprint density at radius 1 is 1.00 bits per heavy atom. The van der Waals surface area contributed by atoms with Crippen LogP contribution in [0.2, 0.25) is 0 Å². The van der Waals surface area contributed by atoms with Gasteiger partial charge in [0.2, 0.25) is 0 Å². The van der Waals surface area contributed by atoms with Gasteiger partial charge in [-0.15, -0.1) is 0 Å². The molecular weight excluding hydrogens is 208 g/mol. The van der Waals surface area contributed by atoms with Crippen LogP contribution < -0.4 is 0 Å². The van der Waals surface area contributed by atoms with Gasteiger partial charge in [-0.05, 0) is 18.2 Å². The molecule has 0 bridgehead atoms. The molecule has 1 nitrogen and oxygen atoms in total. The highest BCUT2D eigenvalue weighted by atomic mass is 19.1. The standard InChI is InChI=1S/C13H13F2N/c1-13(2,3)12-6-8-9(7-16-12)11(15)5-4-10(8)14/h4-7H,1-3H3. The number of pyridine rings is 1. The van der Waals surface area contributed by atoms with Crippen molar-refractivity contribution in [2.45, 2.75) is 26.2 Å². The van der Waals surface area contributed by atoms with Crippen molar-refractivity contribution in [1.82, 2.24) is 4.98 Å². The second-order valence-electron chi connectivity index (χ2n) is 4.89. The smallest absolute Gasteiger partial charge is 0.132 e. The van der Waals surface area contributed by atoms with Crippen LogP contribution in [-0.4, -0.2) is 4.98 Å². The van der Waals surface area contributed by atoms with Crippen LogP contribution in [0.3, 0.4) is 0 Å². The molecule has 0 atom stereocenters. The molecule has 0 amide bonds. The minimum Gasteiger partial charge on any atom is -0.260 e. The zero-order valence-corrected chi connectivity index (χ0v) is 9.51. The van der Waals surface area contributed by atoms with Crippen LogP contribution in [0, 0.1) is 11.6 Å². The summed E-state index contributed by atoms with van der Waals surface area (Å²) in [5.74, 6) is -0.853. The Hall–Kier alpha value is -1.51. The average molecular weight is 221 g/mol. The molecule has 0 aliphatic heterocycles. The first-order chi connectivity index (χ1) is 7.39. The Morgan fingerprint density at radius 3 is 2.12 bits per heavy atom. The fourth-order valence-electron chi connectivity index (χ4n) is 1.58. The summed E-state index contributed by atoms with van der Waals surface area (Å²) >= 11 is 0. The summed E-state index contributed by atoms with van der Waals surface area (Å²) < 4.78 is 26.9. The van der Waals surface area contributed by atoms with Gasteiger partial charge >= 0.3 is 0 Å².